The first-order chi connectivity index (χ1) is 13.9. The second kappa shape index (κ2) is 10.2. The van der Waals surface area contributed by atoms with Crippen molar-refractivity contribution in [3.05, 3.63) is 68.2 Å². The molecule has 152 valence electrons. The minimum atomic E-state index is -0.650. The smallest absolute Gasteiger partial charge is 0.401 e. The van der Waals surface area contributed by atoms with Crippen LogP contribution in [0.25, 0.3) is 12.2 Å². The van der Waals surface area contributed by atoms with Crippen LogP contribution in [0.1, 0.15) is 24.9 Å². The van der Waals surface area contributed by atoms with E-state index in [9.17, 15) is 20.2 Å². The van der Waals surface area contributed by atoms with E-state index in [0.717, 1.165) is 6.42 Å². The van der Waals surface area contributed by atoms with Crippen molar-refractivity contribution < 1.29 is 18.7 Å². The number of nitro groups is 2. The molecule has 0 radical (unpaired) electrons. The molecular weight excluding hydrogens is 384 g/mol. The molecular formula is C17H18N6O6. The van der Waals surface area contributed by atoms with Crippen molar-refractivity contribution >= 4 is 35.6 Å². The van der Waals surface area contributed by atoms with Gasteiger partial charge in [-0.3, -0.25) is 25.2 Å². The molecule has 0 bridgehead atoms. The molecule has 0 atom stereocenters. The molecule has 3 N–H and O–H groups in total. The van der Waals surface area contributed by atoms with Gasteiger partial charge in [0.1, 0.15) is 21.4 Å². The highest BCUT2D eigenvalue weighted by molar-refractivity contribution is 6.08. The summed E-state index contributed by atoms with van der Waals surface area (Å²) in [5, 5.41) is 25.4. The minimum absolute atomic E-state index is 0.105. The van der Waals surface area contributed by atoms with E-state index >= 15 is 0 Å². The second-order valence-corrected chi connectivity index (χ2v) is 5.45. The number of hydrogen-bond donors (Lipinski definition) is 2. The summed E-state index contributed by atoms with van der Waals surface area (Å²) in [5.41, 5.74) is 8.58. The van der Waals surface area contributed by atoms with Gasteiger partial charge in [-0.15, -0.1) is 0 Å². The molecule has 0 aliphatic carbocycles. The van der Waals surface area contributed by atoms with E-state index in [2.05, 4.69) is 15.5 Å². The summed E-state index contributed by atoms with van der Waals surface area (Å²) in [6.07, 6.45) is 6.73. The van der Waals surface area contributed by atoms with E-state index in [4.69, 9.17) is 14.6 Å². The zero-order valence-electron chi connectivity index (χ0n) is 15.3. The first-order valence-electron chi connectivity index (χ1n) is 8.37. The number of nitrogens with one attached hydrogen (secondary N) is 1. The van der Waals surface area contributed by atoms with Crippen LogP contribution in [-0.2, 0) is 0 Å². The summed E-state index contributed by atoms with van der Waals surface area (Å²) >= 11 is 0. The van der Waals surface area contributed by atoms with Gasteiger partial charge in [-0.1, -0.05) is 6.92 Å². The summed E-state index contributed by atoms with van der Waals surface area (Å²) in [7, 11) is 0. The summed E-state index contributed by atoms with van der Waals surface area (Å²) < 4.78 is 10.1. The van der Waals surface area contributed by atoms with Crippen molar-refractivity contribution in [3.8, 4) is 0 Å². The van der Waals surface area contributed by atoms with Crippen LogP contribution in [0.15, 0.2) is 55.3 Å². The van der Waals surface area contributed by atoms with E-state index in [1.54, 1.807) is 0 Å². The van der Waals surface area contributed by atoms with Crippen molar-refractivity contribution in [2.75, 3.05) is 6.54 Å². The Morgan fingerprint density at radius 1 is 1.07 bits per heavy atom. The quantitative estimate of drug-likeness (QED) is 0.278. The molecule has 0 fully saturated rings. The van der Waals surface area contributed by atoms with Crippen molar-refractivity contribution in [2.45, 2.75) is 13.3 Å². The minimum Gasteiger partial charge on any atom is -0.401 e. The van der Waals surface area contributed by atoms with Crippen LogP contribution < -0.4 is 11.2 Å². The van der Waals surface area contributed by atoms with Crippen LogP contribution in [0.5, 0.6) is 0 Å². The summed E-state index contributed by atoms with van der Waals surface area (Å²) in [6.45, 7) is 2.48. The van der Waals surface area contributed by atoms with E-state index in [-0.39, 0.29) is 17.5 Å². The zero-order valence-corrected chi connectivity index (χ0v) is 15.3. The third kappa shape index (κ3) is 6.78. The monoisotopic (exact) mass is 402 g/mol. The molecule has 12 heteroatoms. The van der Waals surface area contributed by atoms with Gasteiger partial charge in [0.15, 0.2) is 0 Å². The van der Waals surface area contributed by atoms with Crippen LogP contribution in [0.3, 0.4) is 0 Å². The average Bonchev–Trinajstić information content (AvgIpc) is 3.35. The van der Waals surface area contributed by atoms with Crippen molar-refractivity contribution in [2.24, 2.45) is 15.8 Å². The standard InChI is InChI=1S/C17H18N6O6/c1-2-11-19-17(18)21-20-12(3-5-13-7-9-15(28-13)22(24)25)4-6-14-8-10-16(29-14)23(26)27/h3-10H,2,11H2,1H3,(H3,18,19,21). The Kier molecular flexibility index (Phi) is 7.42. The lowest BCUT2D eigenvalue weighted by molar-refractivity contribution is -0.402. The highest BCUT2D eigenvalue weighted by Crippen LogP contribution is 2.18. The fourth-order valence-electron chi connectivity index (χ4n) is 1.91. The predicted molar refractivity (Wildman–Crippen MR) is 106 cm³/mol. The average molecular weight is 402 g/mol. The molecule has 0 amide bonds. The highest BCUT2D eigenvalue weighted by Gasteiger charge is 2.11. The summed E-state index contributed by atoms with van der Waals surface area (Å²) in [6, 6.07) is 5.30. The SMILES string of the molecule is CCCN=C(N)NN=C(C=Cc1ccc([N+](=O)[O-])o1)C=Cc1ccc([N+](=O)[O-])o1. The molecule has 0 spiro atoms. The molecule has 2 aromatic heterocycles. The van der Waals surface area contributed by atoms with Crippen LogP contribution in [0.2, 0.25) is 0 Å². The lowest BCUT2D eigenvalue weighted by atomic mass is 10.2. The number of guanidine groups is 1. The highest BCUT2D eigenvalue weighted by atomic mass is 16.7. The molecule has 12 nitrogen and oxygen atoms in total. The lowest BCUT2D eigenvalue weighted by Gasteiger charge is -2.00. The Balaban J connectivity index is 2.21. The normalized spacial score (nSPS) is 11.8. The zero-order chi connectivity index (χ0) is 21.2. The van der Waals surface area contributed by atoms with Gasteiger partial charge in [-0.25, -0.2) is 5.43 Å². The van der Waals surface area contributed by atoms with Crippen LogP contribution in [0, 0.1) is 20.2 Å². The number of furan rings is 2. The second-order valence-electron chi connectivity index (χ2n) is 5.45. The van der Waals surface area contributed by atoms with E-state index in [1.807, 2.05) is 6.92 Å². The third-order valence-corrected chi connectivity index (χ3v) is 3.23. The fourth-order valence-corrected chi connectivity index (χ4v) is 1.91. The summed E-state index contributed by atoms with van der Waals surface area (Å²) in [4.78, 5) is 24.1. The topological polar surface area (TPSA) is 175 Å². The number of nitrogens with two attached hydrogens (primary N) is 1. The number of aliphatic imine (C=N–C) groups is 1. The Morgan fingerprint density at radius 2 is 1.59 bits per heavy atom. The largest absolute Gasteiger partial charge is 0.433 e. The van der Waals surface area contributed by atoms with Crippen LogP contribution in [-0.4, -0.2) is 28.1 Å². The lowest BCUT2D eigenvalue weighted by Crippen LogP contribution is -2.28. The molecule has 0 aromatic carbocycles. The van der Waals surface area contributed by atoms with Gasteiger partial charge in [0.25, 0.3) is 0 Å². The maximum Gasteiger partial charge on any atom is 0.433 e. The maximum absolute atomic E-state index is 10.7. The van der Waals surface area contributed by atoms with Gasteiger partial charge in [-0.2, -0.15) is 5.10 Å². The number of hydrogen-bond acceptors (Lipinski definition) is 8. The molecule has 29 heavy (non-hydrogen) atoms. The van der Waals surface area contributed by atoms with Gasteiger partial charge < -0.3 is 14.6 Å². The Bertz CT molecular complexity index is 920. The van der Waals surface area contributed by atoms with E-state index in [1.165, 1.54) is 48.6 Å². The Morgan fingerprint density at radius 3 is 2.00 bits per heavy atom. The Hall–Kier alpha value is -4.22. The van der Waals surface area contributed by atoms with Gasteiger partial charge >= 0.3 is 11.8 Å². The molecule has 2 heterocycles. The van der Waals surface area contributed by atoms with Crippen molar-refractivity contribution in [1.82, 2.24) is 5.43 Å². The first kappa shape index (κ1) is 21.1. The molecule has 2 aromatic rings. The number of rotatable bonds is 9. The number of nitrogens with zero attached hydrogens (tertiary/aromatic N) is 4. The Labute approximate surface area is 164 Å². The van der Waals surface area contributed by atoms with E-state index in [0.29, 0.717) is 12.3 Å². The predicted octanol–water partition coefficient (Wildman–Crippen LogP) is 3.09. The molecule has 0 aliphatic rings. The van der Waals surface area contributed by atoms with Crippen molar-refractivity contribution in [3.63, 3.8) is 0 Å². The maximum atomic E-state index is 10.7. The van der Waals surface area contributed by atoms with E-state index < -0.39 is 21.6 Å². The molecule has 0 saturated heterocycles. The van der Waals surface area contributed by atoms with Gasteiger partial charge in [0.2, 0.25) is 5.96 Å². The molecule has 0 aliphatic heterocycles. The fraction of sp³-hybridized carbons (Fsp3) is 0.176. The van der Waals surface area contributed by atoms with Crippen LogP contribution in [0.4, 0.5) is 11.8 Å². The van der Waals surface area contributed by atoms with Gasteiger partial charge in [0.05, 0.1) is 17.8 Å². The van der Waals surface area contributed by atoms with Crippen molar-refractivity contribution in [1.29, 1.82) is 0 Å². The van der Waals surface area contributed by atoms with Gasteiger partial charge in [-0.05, 0) is 42.9 Å². The third-order valence-electron chi connectivity index (χ3n) is 3.23. The number of allylic oxidation sites excluding steroid dienone is 2. The summed E-state index contributed by atoms with van der Waals surface area (Å²) in [5.74, 6) is -0.210. The number of hydrazone groups is 1. The van der Waals surface area contributed by atoms with Gasteiger partial charge in [0, 0.05) is 6.54 Å². The molecule has 0 saturated carbocycles. The first-order valence-corrected chi connectivity index (χ1v) is 8.37. The molecule has 2 rings (SSSR count). The molecule has 0 unspecified atom stereocenters. The van der Waals surface area contributed by atoms with Crippen LogP contribution >= 0.6 is 0 Å².